The molecule has 0 bridgehead atoms. The van der Waals surface area contributed by atoms with Crippen LogP contribution < -0.4 is 5.32 Å². The molecule has 30 heavy (non-hydrogen) atoms. The van der Waals surface area contributed by atoms with Crippen LogP contribution in [0.25, 0.3) is 0 Å². The van der Waals surface area contributed by atoms with Crippen LogP contribution in [0.5, 0.6) is 0 Å². The Morgan fingerprint density at radius 1 is 1.03 bits per heavy atom. The van der Waals surface area contributed by atoms with Gasteiger partial charge >= 0.3 is 0 Å². The fraction of sp³-hybridized carbons (Fsp3) is 0.458. The molecular formula is C24H32N2O3S. The first kappa shape index (κ1) is 22.5. The molecule has 1 fully saturated rings. The van der Waals surface area contributed by atoms with E-state index in [0.717, 1.165) is 25.2 Å². The second kappa shape index (κ2) is 9.75. The molecule has 2 aromatic rings. The SMILES string of the molecule is CC1CC(C)CN(Cc2ccccc2CNC(=O)c2cccc(CS(C)(=O)=O)c2)C1. The highest BCUT2D eigenvalue weighted by Gasteiger charge is 2.22. The second-order valence-corrected chi connectivity index (χ2v) is 11.0. The first-order valence-electron chi connectivity index (χ1n) is 10.5. The highest BCUT2D eigenvalue weighted by Crippen LogP contribution is 2.23. The van der Waals surface area contributed by atoms with Gasteiger partial charge in [-0.15, -0.1) is 0 Å². The first-order chi connectivity index (χ1) is 14.2. The molecule has 2 aromatic carbocycles. The minimum absolute atomic E-state index is 0.0658. The van der Waals surface area contributed by atoms with Gasteiger partial charge in [-0.2, -0.15) is 0 Å². The lowest BCUT2D eigenvalue weighted by Crippen LogP contribution is -2.38. The molecule has 6 heteroatoms. The quantitative estimate of drug-likeness (QED) is 0.731. The van der Waals surface area contributed by atoms with E-state index in [2.05, 4.69) is 36.2 Å². The summed E-state index contributed by atoms with van der Waals surface area (Å²) in [6, 6.07) is 15.1. The van der Waals surface area contributed by atoms with Gasteiger partial charge in [0.25, 0.3) is 5.91 Å². The van der Waals surface area contributed by atoms with E-state index in [0.29, 0.717) is 29.5 Å². The van der Waals surface area contributed by atoms with Crippen LogP contribution in [0.3, 0.4) is 0 Å². The van der Waals surface area contributed by atoms with E-state index < -0.39 is 9.84 Å². The molecule has 3 rings (SSSR count). The van der Waals surface area contributed by atoms with Gasteiger partial charge < -0.3 is 5.32 Å². The summed E-state index contributed by atoms with van der Waals surface area (Å²) in [7, 11) is -3.14. The molecule has 0 saturated carbocycles. The topological polar surface area (TPSA) is 66.5 Å². The number of benzene rings is 2. The van der Waals surface area contributed by atoms with E-state index in [-0.39, 0.29) is 11.7 Å². The van der Waals surface area contributed by atoms with Gasteiger partial charge in [-0.3, -0.25) is 9.69 Å². The number of amides is 1. The molecule has 5 nitrogen and oxygen atoms in total. The van der Waals surface area contributed by atoms with E-state index in [1.54, 1.807) is 24.3 Å². The average molecular weight is 429 g/mol. The van der Waals surface area contributed by atoms with Crippen molar-refractivity contribution in [2.24, 2.45) is 11.8 Å². The normalized spacial score (nSPS) is 20.1. The number of likely N-dealkylation sites (tertiary alicyclic amines) is 1. The van der Waals surface area contributed by atoms with E-state index in [9.17, 15) is 13.2 Å². The summed E-state index contributed by atoms with van der Waals surface area (Å²) in [4.78, 5) is 15.2. The summed E-state index contributed by atoms with van der Waals surface area (Å²) in [5, 5.41) is 2.99. The van der Waals surface area contributed by atoms with Gasteiger partial charge in [0.05, 0.1) is 5.75 Å². The fourth-order valence-corrected chi connectivity index (χ4v) is 5.21. The molecular weight excluding hydrogens is 396 g/mol. The Bertz CT molecular complexity index is 977. The largest absolute Gasteiger partial charge is 0.348 e. The second-order valence-electron chi connectivity index (χ2n) is 8.86. The van der Waals surface area contributed by atoms with Crippen molar-refractivity contribution in [2.45, 2.75) is 39.1 Å². The zero-order valence-electron chi connectivity index (χ0n) is 18.1. The van der Waals surface area contributed by atoms with Crippen LogP contribution in [0.2, 0.25) is 0 Å². The summed E-state index contributed by atoms with van der Waals surface area (Å²) in [6.07, 6.45) is 2.48. The van der Waals surface area contributed by atoms with E-state index in [1.807, 2.05) is 12.1 Å². The van der Waals surface area contributed by atoms with E-state index in [1.165, 1.54) is 18.2 Å². The molecule has 0 aliphatic carbocycles. The van der Waals surface area contributed by atoms with Gasteiger partial charge in [-0.25, -0.2) is 8.42 Å². The average Bonchev–Trinajstić information content (AvgIpc) is 2.65. The Balaban J connectivity index is 1.65. The van der Waals surface area contributed by atoms with Gasteiger partial charge in [0.2, 0.25) is 0 Å². The molecule has 0 aromatic heterocycles. The van der Waals surface area contributed by atoms with Crippen molar-refractivity contribution >= 4 is 15.7 Å². The van der Waals surface area contributed by atoms with Crippen molar-refractivity contribution in [3.8, 4) is 0 Å². The van der Waals surface area contributed by atoms with Gasteiger partial charge in [-0.1, -0.05) is 50.2 Å². The number of carbonyl (C=O) groups excluding carboxylic acids is 1. The minimum Gasteiger partial charge on any atom is -0.348 e. The smallest absolute Gasteiger partial charge is 0.251 e. The number of piperidine rings is 1. The zero-order valence-corrected chi connectivity index (χ0v) is 18.9. The van der Waals surface area contributed by atoms with Crippen LogP contribution in [-0.2, 0) is 28.7 Å². The van der Waals surface area contributed by atoms with Crippen molar-refractivity contribution in [3.63, 3.8) is 0 Å². The van der Waals surface area contributed by atoms with Crippen LogP contribution in [0.15, 0.2) is 48.5 Å². The lowest BCUT2D eigenvalue weighted by molar-refractivity contribution is 0.0950. The lowest BCUT2D eigenvalue weighted by Gasteiger charge is -2.35. The molecule has 2 unspecified atom stereocenters. The Hall–Kier alpha value is -2.18. The summed E-state index contributed by atoms with van der Waals surface area (Å²) >= 11 is 0. The van der Waals surface area contributed by atoms with Gasteiger partial charge in [-0.05, 0) is 47.1 Å². The molecule has 162 valence electrons. The zero-order chi connectivity index (χ0) is 21.7. The predicted molar refractivity (Wildman–Crippen MR) is 121 cm³/mol. The molecule has 0 spiro atoms. The summed E-state index contributed by atoms with van der Waals surface area (Å²) in [5.74, 6) is 1.16. The van der Waals surface area contributed by atoms with Crippen LogP contribution in [0.4, 0.5) is 0 Å². The summed E-state index contributed by atoms with van der Waals surface area (Å²) < 4.78 is 23.1. The summed E-state index contributed by atoms with van der Waals surface area (Å²) in [5.41, 5.74) is 3.46. The molecule has 1 heterocycles. The highest BCUT2D eigenvalue weighted by atomic mass is 32.2. The number of sulfone groups is 1. The van der Waals surface area contributed by atoms with Crippen LogP contribution in [0.1, 0.15) is 47.3 Å². The number of carbonyl (C=O) groups is 1. The van der Waals surface area contributed by atoms with Crippen LogP contribution in [0, 0.1) is 11.8 Å². The van der Waals surface area contributed by atoms with Crippen molar-refractivity contribution in [1.82, 2.24) is 10.2 Å². The van der Waals surface area contributed by atoms with Gasteiger partial charge in [0.15, 0.2) is 9.84 Å². The third kappa shape index (κ3) is 6.67. The molecule has 2 atom stereocenters. The molecule has 1 aliphatic heterocycles. The molecule has 1 aliphatic rings. The third-order valence-electron chi connectivity index (χ3n) is 5.51. The Labute approximate surface area is 180 Å². The van der Waals surface area contributed by atoms with Crippen molar-refractivity contribution in [3.05, 3.63) is 70.8 Å². The van der Waals surface area contributed by atoms with Crippen molar-refractivity contribution in [1.29, 1.82) is 0 Å². The summed E-state index contributed by atoms with van der Waals surface area (Å²) in [6.45, 7) is 8.19. The Morgan fingerprint density at radius 2 is 1.70 bits per heavy atom. The highest BCUT2D eigenvalue weighted by molar-refractivity contribution is 7.89. The number of hydrogen-bond donors (Lipinski definition) is 1. The van der Waals surface area contributed by atoms with Crippen LogP contribution >= 0.6 is 0 Å². The van der Waals surface area contributed by atoms with Gasteiger partial charge in [0, 0.05) is 38.0 Å². The molecule has 1 amide bonds. The fourth-order valence-electron chi connectivity index (χ4n) is 4.43. The monoisotopic (exact) mass is 428 g/mol. The maximum absolute atomic E-state index is 12.7. The van der Waals surface area contributed by atoms with E-state index in [4.69, 9.17) is 0 Å². The van der Waals surface area contributed by atoms with E-state index >= 15 is 0 Å². The minimum atomic E-state index is -3.14. The third-order valence-corrected chi connectivity index (χ3v) is 6.37. The Morgan fingerprint density at radius 3 is 2.37 bits per heavy atom. The lowest BCUT2D eigenvalue weighted by atomic mass is 9.91. The predicted octanol–water partition coefficient (Wildman–Crippen LogP) is 3.64. The van der Waals surface area contributed by atoms with Gasteiger partial charge in [0.1, 0.15) is 0 Å². The number of nitrogens with zero attached hydrogens (tertiary/aromatic N) is 1. The van der Waals surface area contributed by atoms with Crippen LogP contribution in [-0.4, -0.2) is 38.6 Å². The number of hydrogen-bond acceptors (Lipinski definition) is 4. The standard InChI is InChI=1S/C24H32N2O3S/c1-18-11-19(2)15-26(14-18)16-23-9-5-4-8-22(23)13-25-24(27)21-10-6-7-20(12-21)17-30(3,28)29/h4-10,12,18-19H,11,13-17H2,1-3H3,(H,25,27). The Kier molecular flexibility index (Phi) is 7.32. The maximum Gasteiger partial charge on any atom is 0.251 e. The van der Waals surface area contributed by atoms with Crippen molar-refractivity contribution in [2.75, 3.05) is 19.3 Å². The number of nitrogens with one attached hydrogen (secondary N) is 1. The van der Waals surface area contributed by atoms with Crippen molar-refractivity contribution < 1.29 is 13.2 Å². The molecule has 1 saturated heterocycles. The molecule has 0 radical (unpaired) electrons. The maximum atomic E-state index is 12.7. The first-order valence-corrected chi connectivity index (χ1v) is 12.6. The molecule has 1 N–H and O–H groups in total. The number of rotatable bonds is 7.